The number of anilines is 1. The molecule has 0 radical (unpaired) electrons. The highest BCUT2D eigenvalue weighted by Crippen LogP contribution is 2.43. The third kappa shape index (κ3) is 2.63. The molecule has 0 aliphatic carbocycles. The molecular weight excluding hydrogens is 344 g/mol. The quantitative estimate of drug-likeness (QED) is 0.784. The maximum Gasteiger partial charge on any atom is 0.254 e. The van der Waals surface area contributed by atoms with Crippen LogP contribution in [0.2, 0.25) is 0 Å². The minimum Gasteiger partial charge on any atom is -0.454 e. The van der Waals surface area contributed by atoms with Crippen molar-refractivity contribution in [2.45, 2.75) is 6.92 Å². The smallest absolute Gasteiger partial charge is 0.254 e. The Morgan fingerprint density at radius 1 is 0.889 bits per heavy atom. The fraction of sp³-hybridized carbons (Fsp3) is 0.333. The lowest BCUT2D eigenvalue weighted by Gasteiger charge is -2.61. The Morgan fingerprint density at radius 2 is 1.56 bits per heavy atom. The van der Waals surface area contributed by atoms with Gasteiger partial charge in [-0.15, -0.1) is 0 Å². The van der Waals surface area contributed by atoms with Gasteiger partial charge in [-0.3, -0.25) is 9.59 Å². The topological polar surface area (TPSA) is 59.1 Å². The molecule has 2 aromatic rings. The van der Waals surface area contributed by atoms with Crippen LogP contribution in [0.1, 0.15) is 27.6 Å². The van der Waals surface area contributed by atoms with E-state index in [0.29, 0.717) is 17.1 Å². The first-order chi connectivity index (χ1) is 13.0. The second kappa shape index (κ2) is 5.74. The Balaban J connectivity index is 1.19. The standard InChI is InChI=1S/C21H20N2O4/c1-14(24)15-2-5-17(6-3-15)22-9-21(10-22)11-23(12-21)20(25)16-4-7-18-19(8-16)27-13-26-18/h2-8H,9-13H2,1H3. The number of nitrogens with zero attached hydrogens (tertiary/aromatic N) is 2. The Morgan fingerprint density at radius 3 is 2.26 bits per heavy atom. The number of ether oxygens (including phenoxy) is 2. The molecule has 3 aliphatic heterocycles. The van der Waals surface area contributed by atoms with Crippen LogP contribution in [-0.4, -0.2) is 49.6 Å². The number of fused-ring (bicyclic) bond motifs is 1. The molecule has 3 aliphatic rings. The van der Waals surface area contributed by atoms with Crippen molar-refractivity contribution in [3.63, 3.8) is 0 Å². The summed E-state index contributed by atoms with van der Waals surface area (Å²) in [5.74, 6) is 1.46. The third-order valence-corrected chi connectivity index (χ3v) is 5.65. The number of hydrogen-bond acceptors (Lipinski definition) is 5. The van der Waals surface area contributed by atoms with Crippen LogP contribution in [0.4, 0.5) is 5.69 Å². The SMILES string of the molecule is CC(=O)c1ccc(N2CC3(CN(C(=O)c4ccc5c(c4)OCO5)C3)C2)cc1. The van der Waals surface area contributed by atoms with Gasteiger partial charge in [0.05, 0.1) is 0 Å². The van der Waals surface area contributed by atoms with Crippen molar-refractivity contribution in [1.82, 2.24) is 4.90 Å². The van der Waals surface area contributed by atoms with Gasteiger partial charge in [-0.2, -0.15) is 0 Å². The highest BCUT2D eigenvalue weighted by molar-refractivity contribution is 5.96. The molecule has 1 amide bonds. The van der Waals surface area contributed by atoms with E-state index in [9.17, 15) is 9.59 Å². The molecular formula is C21H20N2O4. The van der Waals surface area contributed by atoms with Gasteiger partial charge in [-0.25, -0.2) is 0 Å². The summed E-state index contributed by atoms with van der Waals surface area (Å²) in [5.41, 5.74) is 2.71. The molecule has 27 heavy (non-hydrogen) atoms. The predicted octanol–water partition coefficient (Wildman–Crippen LogP) is 2.58. The minimum atomic E-state index is 0.0446. The van der Waals surface area contributed by atoms with E-state index in [0.717, 1.165) is 37.4 Å². The van der Waals surface area contributed by atoms with Crippen molar-refractivity contribution in [1.29, 1.82) is 0 Å². The van der Waals surface area contributed by atoms with Crippen LogP contribution in [0.15, 0.2) is 42.5 Å². The lowest BCUT2D eigenvalue weighted by atomic mass is 9.72. The average Bonchev–Trinajstić information content (AvgIpc) is 3.07. The summed E-state index contributed by atoms with van der Waals surface area (Å²) < 4.78 is 10.7. The fourth-order valence-corrected chi connectivity index (χ4v) is 4.17. The lowest BCUT2D eigenvalue weighted by Crippen LogP contribution is -2.73. The van der Waals surface area contributed by atoms with E-state index in [2.05, 4.69) is 4.90 Å². The molecule has 0 aromatic heterocycles. The van der Waals surface area contributed by atoms with Gasteiger partial charge >= 0.3 is 0 Å². The summed E-state index contributed by atoms with van der Waals surface area (Å²) in [6, 6.07) is 13.1. The summed E-state index contributed by atoms with van der Waals surface area (Å²) in [5, 5.41) is 0. The largest absolute Gasteiger partial charge is 0.454 e. The van der Waals surface area contributed by atoms with Crippen molar-refractivity contribution >= 4 is 17.4 Å². The van der Waals surface area contributed by atoms with E-state index in [-0.39, 0.29) is 23.9 Å². The molecule has 6 nitrogen and oxygen atoms in total. The number of ketones is 1. The number of likely N-dealkylation sites (tertiary alicyclic amines) is 1. The second-order valence-electron chi connectivity index (χ2n) is 7.69. The molecule has 0 bridgehead atoms. The van der Waals surface area contributed by atoms with E-state index in [1.165, 1.54) is 0 Å². The van der Waals surface area contributed by atoms with Crippen molar-refractivity contribution in [3.8, 4) is 11.5 Å². The fourth-order valence-electron chi connectivity index (χ4n) is 4.17. The van der Waals surface area contributed by atoms with Crippen LogP contribution in [0.25, 0.3) is 0 Å². The lowest BCUT2D eigenvalue weighted by molar-refractivity contribution is -0.0105. The van der Waals surface area contributed by atoms with Gasteiger partial charge in [0.2, 0.25) is 6.79 Å². The zero-order valence-corrected chi connectivity index (χ0v) is 15.1. The first-order valence-corrected chi connectivity index (χ1v) is 9.08. The predicted molar refractivity (Wildman–Crippen MR) is 99.6 cm³/mol. The van der Waals surface area contributed by atoms with Crippen LogP contribution in [0.3, 0.4) is 0 Å². The Hall–Kier alpha value is -3.02. The van der Waals surface area contributed by atoms with Crippen molar-refractivity contribution < 1.29 is 19.1 Å². The Kier molecular flexibility index (Phi) is 3.44. The van der Waals surface area contributed by atoms with Crippen LogP contribution in [0.5, 0.6) is 11.5 Å². The average molecular weight is 364 g/mol. The van der Waals surface area contributed by atoms with E-state index in [4.69, 9.17) is 9.47 Å². The Bertz CT molecular complexity index is 924. The molecule has 0 saturated carbocycles. The number of rotatable bonds is 3. The molecule has 2 saturated heterocycles. The number of carbonyl (C=O) groups excluding carboxylic acids is 2. The molecule has 138 valence electrons. The van der Waals surface area contributed by atoms with Crippen molar-refractivity contribution in [3.05, 3.63) is 53.6 Å². The summed E-state index contributed by atoms with van der Waals surface area (Å²) in [6.45, 7) is 5.23. The van der Waals surface area contributed by atoms with Gasteiger partial charge < -0.3 is 19.3 Å². The first kappa shape index (κ1) is 16.2. The molecule has 6 heteroatoms. The molecule has 2 aromatic carbocycles. The minimum absolute atomic E-state index is 0.0446. The zero-order valence-electron chi connectivity index (χ0n) is 15.1. The maximum atomic E-state index is 12.7. The molecule has 0 N–H and O–H groups in total. The van der Waals surface area contributed by atoms with Gasteiger partial charge in [-0.05, 0) is 49.4 Å². The van der Waals surface area contributed by atoms with Gasteiger partial charge in [0, 0.05) is 48.4 Å². The van der Waals surface area contributed by atoms with Crippen LogP contribution in [0, 0.1) is 5.41 Å². The van der Waals surface area contributed by atoms with Gasteiger partial charge in [0.15, 0.2) is 17.3 Å². The summed E-state index contributed by atoms with van der Waals surface area (Å²) in [7, 11) is 0. The van der Waals surface area contributed by atoms with E-state index in [1.54, 1.807) is 25.1 Å². The number of amides is 1. The normalized spacial score (nSPS) is 18.9. The number of hydrogen-bond donors (Lipinski definition) is 0. The van der Waals surface area contributed by atoms with E-state index in [1.807, 2.05) is 29.2 Å². The third-order valence-electron chi connectivity index (χ3n) is 5.65. The Labute approximate surface area is 157 Å². The van der Waals surface area contributed by atoms with E-state index < -0.39 is 0 Å². The zero-order chi connectivity index (χ0) is 18.6. The molecule has 3 heterocycles. The molecule has 1 spiro atoms. The van der Waals surface area contributed by atoms with Crippen LogP contribution in [-0.2, 0) is 0 Å². The van der Waals surface area contributed by atoms with Crippen molar-refractivity contribution in [2.24, 2.45) is 5.41 Å². The molecule has 2 fully saturated rings. The maximum absolute atomic E-state index is 12.7. The van der Waals surface area contributed by atoms with Crippen LogP contribution >= 0.6 is 0 Å². The van der Waals surface area contributed by atoms with Crippen LogP contribution < -0.4 is 14.4 Å². The first-order valence-electron chi connectivity index (χ1n) is 9.08. The molecule has 0 unspecified atom stereocenters. The van der Waals surface area contributed by atoms with Gasteiger partial charge in [0.25, 0.3) is 5.91 Å². The number of benzene rings is 2. The monoisotopic (exact) mass is 364 g/mol. The molecule has 0 atom stereocenters. The number of Topliss-reactive ketones (excluding diaryl/α,β-unsaturated/α-hetero) is 1. The summed E-state index contributed by atoms with van der Waals surface area (Å²) in [4.78, 5) is 28.3. The highest BCUT2D eigenvalue weighted by Gasteiger charge is 2.53. The summed E-state index contributed by atoms with van der Waals surface area (Å²) >= 11 is 0. The summed E-state index contributed by atoms with van der Waals surface area (Å²) in [6.07, 6.45) is 0. The highest BCUT2D eigenvalue weighted by atomic mass is 16.7. The second-order valence-corrected chi connectivity index (χ2v) is 7.69. The molecule has 5 rings (SSSR count). The van der Waals surface area contributed by atoms with Crippen molar-refractivity contribution in [2.75, 3.05) is 37.9 Å². The number of carbonyl (C=O) groups is 2. The van der Waals surface area contributed by atoms with Gasteiger partial charge in [0.1, 0.15) is 0 Å². The van der Waals surface area contributed by atoms with E-state index >= 15 is 0 Å². The van der Waals surface area contributed by atoms with Gasteiger partial charge in [-0.1, -0.05) is 0 Å².